The third kappa shape index (κ3) is 2.72. The minimum absolute atomic E-state index is 0.254. The molecule has 5 heteroatoms. The second-order valence-corrected chi connectivity index (χ2v) is 4.86. The van der Waals surface area contributed by atoms with Crippen molar-refractivity contribution in [1.29, 1.82) is 0 Å². The fourth-order valence-electron chi connectivity index (χ4n) is 2.37. The maximum Gasteiger partial charge on any atom is 0.320 e. The number of hydrogen-bond acceptors (Lipinski definition) is 2. The van der Waals surface area contributed by atoms with E-state index in [1.165, 1.54) is 12.1 Å². The van der Waals surface area contributed by atoms with E-state index in [0.29, 0.717) is 0 Å². The largest absolute Gasteiger partial charge is 0.480 e. The molecule has 0 saturated carbocycles. The number of nitrogens with two attached hydrogens (primary N) is 1. The molecule has 0 amide bonds. The highest BCUT2D eigenvalue weighted by molar-refractivity contribution is 5.73. The fourth-order valence-corrected chi connectivity index (χ4v) is 2.37. The van der Waals surface area contributed by atoms with Crippen LogP contribution in [0.2, 0.25) is 0 Å². The van der Waals surface area contributed by atoms with E-state index < -0.39 is 12.0 Å². The van der Waals surface area contributed by atoms with E-state index >= 15 is 0 Å². The summed E-state index contributed by atoms with van der Waals surface area (Å²) >= 11 is 0. The fraction of sp³-hybridized carbons (Fsp3) is 0.267. The van der Waals surface area contributed by atoms with Crippen LogP contribution in [0.25, 0.3) is 5.69 Å². The lowest BCUT2D eigenvalue weighted by Gasteiger charge is -2.11. The molecular weight excluding hydrogens is 259 g/mol. The van der Waals surface area contributed by atoms with Crippen molar-refractivity contribution < 1.29 is 14.3 Å². The van der Waals surface area contributed by atoms with Crippen LogP contribution in [0.5, 0.6) is 0 Å². The summed E-state index contributed by atoms with van der Waals surface area (Å²) in [6.07, 6.45) is 0.254. The summed E-state index contributed by atoms with van der Waals surface area (Å²) in [4.78, 5) is 10.8. The van der Waals surface area contributed by atoms with E-state index in [1.807, 2.05) is 30.5 Å². The van der Waals surface area contributed by atoms with E-state index in [9.17, 15) is 9.18 Å². The first-order valence-electron chi connectivity index (χ1n) is 6.32. The number of carbonyl (C=O) groups is 1. The minimum Gasteiger partial charge on any atom is -0.480 e. The average Bonchev–Trinajstić information content (AvgIpc) is 2.64. The van der Waals surface area contributed by atoms with Gasteiger partial charge in [0.25, 0.3) is 0 Å². The number of halogens is 1. The van der Waals surface area contributed by atoms with Crippen LogP contribution in [-0.2, 0) is 11.2 Å². The van der Waals surface area contributed by atoms with Crippen molar-refractivity contribution in [2.75, 3.05) is 0 Å². The van der Waals surface area contributed by atoms with Crippen molar-refractivity contribution in [2.24, 2.45) is 5.73 Å². The van der Waals surface area contributed by atoms with E-state index in [1.54, 1.807) is 6.07 Å². The average molecular weight is 276 g/mol. The van der Waals surface area contributed by atoms with Crippen LogP contribution in [0.4, 0.5) is 4.39 Å². The molecule has 20 heavy (non-hydrogen) atoms. The molecule has 0 aliphatic rings. The van der Waals surface area contributed by atoms with Gasteiger partial charge in [-0.3, -0.25) is 4.79 Å². The molecule has 0 aliphatic carbocycles. The van der Waals surface area contributed by atoms with Gasteiger partial charge in [0.2, 0.25) is 0 Å². The molecule has 1 unspecified atom stereocenters. The smallest absolute Gasteiger partial charge is 0.320 e. The summed E-state index contributed by atoms with van der Waals surface area (Å²) in [5.41, 5.74) is 8.95. The SMILES string of the molecule is Cc1cc(CC(N)C(=O)O)c(C)n1-c1cccc(F)c1. The molecule has 0 fully saturated rings. The van der Waals surface area contributed by atoms with Gasteiger partial charge in [0.1, 0.15) is 11.9 Å². The van der Waals surface area contributed by atoms with Crippen molar-refractivity contribution >= 4 is 5.97 Å². The third-order valence-electron chi connectivity index (χ3n) is 3.36. The number of benzene rings is 1. The number of aromatic nitrogens is 1. The first-order chi connectivity index (χ1) is 9.40. The molecule has 3 N–H and O–H groups in total. The van der Waals surface area contributed by atoms with Gasteiger partial charge in [-0.1, -0.05) is 6.07 Å². The van der Waals surface area contributed by atoms with Crippen molar-refractivity contribution in [3.8, 4) is 5.69 Å². The number of carboxylic acid groups (broad SMARTS) is 1. The summed E-state index contributed by atoms with van der Waals surface area (Å²) in [5.74, 6) is -1.33. The van der Waals surface area contributed by atoms with E-state index in [-0.39, 0.29) is 12.2 Å². The Labute approximate surface area is 116 Å². The third-order valence-corrected chi connectivity index (χ3v) is 3.36. The summed E-state index contributed by atoms with van der Waals surface area (Å²) in [5, 5.41) is 8.88. The van der Waals surface area contributed by atoms with Crippen molar-refractivity contribution in [3.63, 3.8) is 0 Å². The maximum atomic E-state index is 13.3. The molecule has 0 spiro atoms. The maximum absolute atomic E-state index is 13.3. The molecule has 2 aromatic rings. The molecule has 0 saturated heterocycles. The molecule has 1 heterocycles. The quantitative estimate of drug-likeness (QED) is 0.899. The number of aliphatic carboxylic acids is 1. The molecule has 0 radical (unpaired) electrons. The molecule has 1 aromatic heterocycles. The molecular formula is C15H17FN2O2. The molecule has 106 valence electrons. The zero-order valence-electron chi connectivity index (χ0n) is 11.4. The summed E-state index contributed by atoms with van der Waals surface area (Å²) in [6, 6.07) is 7.25. The Bertz CT molecular complexity index is 649. The normalized spacial score (nSPS) is 12.4. The zero-order chi connectivity index (χ0) is 14.9. The van der Waals surface area contributed by atoms with Gasteiger partial charge < -0.3 is 15.4 Å². The Hall–Kier alpha value is -2.14. The number of aryl methyl sites for hydroxylation is 1. The monoisotopic (exact) mass is 276 g/mol. The van der Waals surface area contributed by atoms with Crippen LogP contribution in [0, 0.1) is 19.7 Å². The Morgan fingerprint density at radius 1 is 1.40 bits per heavy atom. The molecule has 4 nitrogen and oxygen atoms in total. The standard InChI is InChI=1S/C15H17FN2O2/c1-9-6-11(7-14(17)15(19)20)10(2)18(9)13-5-3-4-12(16)8-13/h3-6,8,14H,7,17H2,1-2H3,(H,19,20). The predicted octanol–water partition coefficient (Wildman–Crippen LogP) is 2.19. The number of carboxylic acids is 1. The predicted molar refractivity (Wildman–Crippen MR) is 74.5 cm³/mol. The summed E-state index contributed by atoms with van der Waals surface area (Å²) < 4.78 is 15.2. The van der Waals surface area contributed by atoms with E-state index in [0.717, 1.165) is 22.6 Å². The van der Waals surface area contributed by atoms with Crippen LogP contribution < -0.4 is 5.73 Å². The molecule has 2 rings (SSSR count). The highest BCUT2D eigenvalue weighted by atomic mass is 19.1. The number of nitrogens with zero attached hydrogens (tertiary/aromatic N) is 1. The van der Waals surface area contributed by atoms with Gasteiger partial charge in [0, 0.05) is 23.5 Å². The van der Waals surface area contributed by atoms with Gasteiger partial charge in [-0.25, -0.2) is 4.39 Å². The van der Waals surface area contributed by atoms with Crippen LogP contribution in [0.3, 0.4) is 0 Å². The number of hydrogen-bond donors (Lipinski definition) is 2. The van der Waals surface area contributed by atoms with Gasteiger partial charge in [-0.15, -0.1) is 0 Å². The van der Waals surface area contributed by atoms with Crippen LogP contribution in [-0.4, -0.2) is 21.7 Å². The topological polar surface area (TPSA) is 68.2 Å². The van der Waals surface area contributed by atoms with Crippen LogP contribution >= 0.6 is 0 Å². The number of rotatable bonds is 4. The Kier molecular flexibility index (Phi) is 3.90. The minimum atomic E-state index is -1.03. The van der Waals surface area contributed by atoms with Gasteiger partial charge in [0.15, 0.2) is 0 Å². The first-order valence-corrected chi connectivity index (χ1v) is 6.32. The van der Waals surface area contributed by atoms with Gasteiger partial charge in [0.05, 0.1) is 0 Å². The van der Waals surface area contributed by atoms with Gasteiger partial charge in [-0.2, -0.15) is 0 Å². The van der Waals surface area contributed by atoms with Crippen molar-refractivity contribution in [1.82, 2.24) is 4.57 Å². The Morgan fingerprint density at radius 2 is 2.10 bits per heavy atom. The lowest BCUT2D eigenvalue weighted by molar-refractivity contribution is -0.138. The first kappa shape index (κ1) is 14.3. The van der Waals surface area contributed by atoms with Gasteiger partial charge in [-0.05, 0) is 43.7 Å². The second-order valence-electron chi connectivity index (χ2n) is 4.86. The molecule has 1 aromatic carbocycles. The highest BCUT2D eigenvalue weighted by Gasteiger charge is 2.17. The summed E-state index contributed by atoms with van der Waals surface area (Å²) in [7, 11) is 0. The van der Waals surface area contributed by atoms with Crippen molar-refractivity contribution in [2.45, 2.75) is 26.3 Å². The molecule has 1 atom stereocenters. The van der Waals surface area contributed by atoms with E-state index in [4.69, 9.17) is 10.8 Å². The van der Waals surface area contributed by atoms with Crippen LogP contribution in [0.15, 0.2) is 30.3 Å². The Morgan fingerprint density at radius 3 is 2.70 bits per heavy atom. The van der Waals surface area contributed by atoms with Crippen LogP contribution in [0.1, 0.15) is 17.0 Å². The lowest BCUT2D eigenvalue weighted by Crippen LogP contribution is -2.32. The lowest BCUT2D eigenvalue weighted by atomic mass is 10.1. The highest BCUT2D eigenvalue weighted by Crippen LogP contribution is 2.22. The summed E-state index contributed by atoms with van der Waals surface area (Å²) in [6.45, 7) is 3.77. The molecule has 0 bridgehead atoms. The Balaban J connectivity index is 2.41. The van der Waals surface area contributed by atoms with E-state index in [2.05, 4.69) is 0 Å². The van der Waals surface area contributed by atoms with Gasteiger partial charge >= 0.3 is 5.97 Å². The molecule has 0 aliphatic heterocycles. The second kappa shape index (κ2) is 5.46. The zero-order valence-corrected chi connectivity index (χ0v) is 11.4. The van der Waals surface area contributed by atoms with Crippen molar-refractivity contribution in [3.05, 3.63) is 53.1 Å².